The van der Waals surface area contributed by atoms with E-state index in [0.717, 1.165) is 5.75 Å². The van der Waals surface area contributed by atoms with Crippen molar-refractivity contribution in [1.29, 1.82) is 0 Å². The first kappa shape index (κ1) is 8.21. The Labute approximate surface area is 70.7 Å². The predicted molar refractivity (Wildman–Crippen MR) is 44.6 cm³/mol. The van der Waals surface area contributed by atoms with Gasteiger partial charge in [0.15, 0.2) is 0 Å². The Morgan fingerprint density at radius 2 is 1.91 bits per heavy atom. The van der Waals surface area contributed by atoms with Crippen molar-refractivity contribution in [1.82, 2.24) is 0 Å². The molecule has 0 aromatic heterocycles. The highest BCUT2D eigenvalue weighted by molar-refractivity contribution is 6.32. The van der Waals surface area contributed by atoms with Crippen molar-refractivity contribution in [3.63, 3.8) is 0 Å². The summed E-state index contributed by atoms with van der Waals surface area (Å²) in [7, 11) is 3.17. The summed E-state index contributed by atoms with van der Waals surface area (Å²) in [6.07, 6.45) is 0. The lowest BCUT2D eigenvalue weighted by molar-refractivity contribution is 0.403. The van der Waals surface area contributed by atoms with Gasteiger partial charge in [0.25, 0.3) is 0 Å². The monoisotopic (exact) mass is 178 g/mol. The molecule has 60 valence electrons. The Hall–Kier alpha value is -0.890. The van der Waals surface area contributed by atoms with E-state index in [0.29, 0.717) is 10.8 Å². The van der Waals surface area contributed by atoms with Crippen LogP contribution in [0.15, 0.2) is 18.2 Å². The maximum Gasteiger partial charge on any atom is 0.137 e. The molecular weight excluding hydrogens is 169 g/mol. The zero-order chi connectivity index (χ0) is 8.27. The van der Waals surface area contributed by atoms with Gasteiger partial charge in [0.05, 0.1) is 19.2 Å². The van der Waals surface area contributed by atoms with E-state index >= 15 is 0 Å². The van der Waals surface area contributed by atoms with Crippen molar-refractivity contribution < 1.29 is 9.47 Å². The van der Waals surface area contributed by atoms with Crippen molar-refractivity contribution in [2.45, 2.75) is 0 Å². The summed E-state index contributed by atoms with van der Waals surface area (Å²) in [6, 6.07) is 5.27. The number of hydrogen-bond acceptors (Lipinski definition) is 2. The summed E-state index contributed by atoms with van der Waals surface area (Å²) in [5.41, 5.74) is 0. The average molecular weight is 179 g/mol. The zero-order valence-corrected chi connectivity index (χ0v) is 7.18. The van der Waals surface area contributed by atoms with Crippen LogP contribution in [0.25, 0.3) is 0 Å². The molecule has 0 aliphatic rings. The number of methoxy groups -OCH3 is 2. The minimum atomic E-state index is 0.562. The highest BCUT2D eigenvalue weighted by atomic mass is 35.5. The fourth-order valence-corrected chi connectivity index (χ4v) is 1.02. The van der Waals surface area contributed by atoms with E-state index in [1.807, 2.05) is 0 Å². The third kappa shape index (κ3) is 1.77. The summed E-state index contributed by atoms with van der Waals surface area (Å²) in [6.45, 7) is 0. The van der Waals surface area contributed by atoms with E-state index < -0.39 is 0 Å². The van der Waals surface area contributed by atoms with Gasteiger partial charge in [-0.3, -0.25) is 0 Å². The lowest BCUT2D eigenvalue weighted by atomic mass is 11.3. The summed E-state index contributed by atoms with van der Waals surface area (Å²) in [5, 5.41) is 0.562. The molecule has 0 saturated heterocycles. The second kappa shape index (κ2) is 3.49. The van der Waals surface area contributed by atoms with Gasteiger partial charge in [0.1, 0.15) is 11.5 Å². The van der Waals surface area contributed by atoms with Crippen molar-refractivity contribution >= 4 is 11.6 Å². The second-order valence-corrected chi connectivity index (χ2v) is 2.41. The standard InChI is InChI=1S/C8H9ClO2/c1-10-6-3-4-8(11-2)7(9)5-6/h3-5H,1-2H3/i3+1,4+1,5+1,6+1,7+1,8+1. The molecule has 0 aliphatic carbocycles. The smallest absolute Gasteiger partial charge is 0.137 e. The molecule has 0 N–H and O–H groups in total. The molecule has 0 heterocycles. The van der Waals surface area contributed by atoms with E-state index in [1.54, 1.807) is 32.4 Å². The Morgan fingerprint density at radius 3 is 2.36 bits per heavy atom. The Morgan fingerprint density at radius 1 is 1.18 bits per heavy atom. The van der Waals surface area contributed by atoms with Crippen molar-refractivity contribution in [2.24, 2.45) is 0 Å². The van der Waals surface area contributed by atoms with Crippen molar-refractivity contribution in [3.05, 3.63) is 23.2 Å². The molecule has 1 aromatic rings. The minimum absolute atomic E-state index is 0.562. The molecule has 0 amide bonds. The van der Waals surface area contributed by atoms with Gasteiger partial charge in [-0.25, -0.2) is 0 Å². The molecule has 0 saturated carbocycles. The summed E-state index contributed by atoms with van der Waals surface area (Å²) < 4.78 is 9.91. The third-order valence-electron chi connectivity index (χ3n) is 1.36. The number of halogens is 1. The molecule has 0 aliphatic heterocycles. The molecule has 2 nitrogen and oxygen atoms in total. The van der Waals surface area contributed by atoms with Crippen LogP contribution in [-0.2, 0) is 0 Å². The Kier molecular flexibility index (Phi) is 2.60. The van der Waals surface area contributed by atoms with E-state index in [2.05, 4.69) is 0 Å². The van der Waals surface area contributed by atoms with Crippen LogP contribution in [0.5, 0.6) is 11.5 Å². The molecule has 0 bridgehead atoms. The van der Waals surface area contributed by atoms with Crippen LogP contribution in [0.1, 0.15) is 0 Å². The number of hydrogen-bond donors (Lipinski definition) is 0. The van der Waals surface area contributed by atoms with Gasteiger partial charge in [-0.15, -0.1) is 0 Å². The van der Waals surface area contributed by atoms with Crippen LogP contribution < -0.4 is 9.47 Å². The highest BCUT2D eigenvalue weighted by Crippen LogP contribution is 2.27. The molecule has 1 aromatic carbocycles. The van der Waals surface area contributed by atoms with Gasteiger partial charge in [0.2, 0.25) is 0 Å². The van der Waals surface area contributed by atoms with E-state index in [4.69, 9.17) is 21.1 Å². The lowest BCUT2D eigenvalue weighted by Gasteiger charge is -2.04. The average Bonchev–Trinajstić information content (AvgIpc) is 2.04. The van der Waals surface area contributed by atoms with E-state index in [-0.39, 0.29) is 0 Å². The zero-order valence-electron chi connectivity index (χ0n) is 6.43. The largest absolute Gasteiger partial charge is 0.497 e. The molecule has 0 radical (unpaired) electrons. The van der Waals surface area contributed by atoms with Crippen molar-refractivity contribution in [2.75, 3.05) is 14.2 Å². The van der Waals surface area contributed by atoms with Crippen LogP contribution in [-0.4, -0.2) is 14.2 Å². The summed E-state index contributed by atoms with van der Waals surface area (Å²) in [5.74, 6) is 1.39. The number of rotatable bonds is 2. The highest BCUT2D eigenvalue weighted by Gasteiger charge is 2.00. The van der Waals surface area contributed by atoms with Crippen LogP contribution in [0, 0.1) is 0 Å². The van der Waals surface area contributed by atoms with Gasteiger partial charge in [-0.05, 0) is 12.1 Å². The molecule has 0 unspecified atom stereocenters. The maximum absolute atomic E-state index is 5.80. The minimum Gasteiger partial charge on any atom is -0.497 e. The van der Waals surface area contributed by atoms with Gasteiger partial charge in [0, 0.05) is 6.07 Å². The van der Waals surface area contributed by atoms with Crippen LogP contribution in [0.3, 0.4) is 0 Å². The fourth-order valence-electron chi connectivity index (χ4n) is 0.774. The fraction of sp³-hybridized carbons (Fsp3) is 0.250. The van der Waals surface area contributed by atoms with Crippen molar-refractivity contribution in [3.8, 4) is 11.5 Å². The summed E-state index contributed by atoms with van der Waals surface area (Å²) in [4.78, 5) is 0. The quantitative estimate of drug-likeness (QED) is 0.692. The van der Waals surface area contributed by atoms with Crippen LogP contribution >= 0.6 is 11.6 Å². The Bertz CT molecular complexity index is 248. The normalized spacial score (nSPS) is 9.36. The van der Waals surface area contributed by atoms with Gasteiger partial charge in [-0.2, -0.15) is 0 Å². The molecule has 0 atom stereocenters. The van der Waals surface area contributed by atoms with Gasteiger partial charge >= 0.3 is 0 Å². The molecule has 0 fully saturated rings. The van der Waals surface area contributed by atoms with Gasteiger partial charge in [-0.1, -0.05) is 11.6 Å². The lowest BCUT2D eigenvalue weighted by Crippen LogP contribution is -1.86. The maximum atomic E-state index is 5.80. The second-order valence-electron chi connectivity index (χ2n) is 2.00. The molecule has 1 rings (SSSR count). The van der Waals surface area contributed by atoms with Gasteiger partial charge < -0.3 is 9.47 Å². The third-order valence-corrected chi connectivity index (χ3v) is 1.65. The first-order chi connectivity index (χ1) is 5.27. The summed E-state index contributed by atoms with van der Waals surface area (Å²) >= 11 is 5.80. The molecule has 11 heavy (non-hydrogen) atoms. The number of benzene rings is 1. The number of ether oxygens (including phenoxy) is 2. The molecule has 3 heteroatoms. The SMILES string of the molecule is CO[13c]1[13cH][13cH][13c](OC)[13c](Cl)[13cH]1. The van der Waals surface area contributed by atoms with Crippen LogP contribution in [0.2, 0.25) is 5.02 Å². The van der Waals surface area contributed by atoms with E-state index in [1.165, 1.54) is 0 Å². The van der Waals surface area contributed by atoms with Crippen LogP contribution in [0.4, 0.5) is 0 Å². The molecule has 0 spiro atoms. The first-order valence-corrected chi connectivity index (χ1v) is 3.53. The predicted octanol–water partition coefficient (Wildman–Crippen LogP) is 2.36. The molecular formula is C8H9ClO2. The topological polar surface area (TPSA) is 18.5 Å². The Balaban J connectivity index is 2.99. The van der Waals surface area contributed by atoms with E-state index in [9.17, 15) is 0 Å². The first-order valence-electron chi connectivity index (χ1n) is 3.15.